The van der Waals surface area contributed by atoms with Crippen molar-refractivity contribution >= 4 is 12.0 Å². The maximum Gasteiger partial charge on any atom is 0.318 e. The molecule has 16 heavy (non-hydrogen) atoms. The minimum absolute atomic E-state index is 0.0343. The minimum atomic E-state index is -0.831. The maximum absolute atomic E-state index is 11.9. The molecule has 1 atom stereocenters. The molecule has 1 heterocycles. The van der Waals surface area contributed by atoms with Crippen molar-refractivity contribution in [1.82, 2.24) is 10.2 Å². The molecule has 0 aromatic heterocycles. The van der Waals surface area contributed by atoms with Crippen LogP contribution in [0, 0.1) is 0 Å². The first-order chi connectivity index (χ1) is 7.50. The number of carboxylic acids is 1. The predicted molar refractivity (Wildman–Crippen MR) is 58.2 cm³/mol. The molecule has 0 aromatic carbocycles. The van der Waals surface area contributed by atoms with Crippen molar-refractivity contribution in [2.45, 2.75) is 50.6 Å². The van der Waals surface area contributed by atoms with Crippen molar-refractivity contribution in [3.63, 3.8) is 0 Å². The molecule has 0 spiro atoms. The van der Waals surface area contributed by atoms with Crippen LogP contribution in [-0.2, 0) is 4.79 Å². The Morgan fingerprint density at radius 3 is 2.75 bits per heavy atom. The van der Waals surface area contributed by atoms with Gasteiger partial charge in [0.1, 0.15) is 0 Å². The van der Waals surface area contributed by atoms with E-state index in [0.717, 1.165) is 25.7 Å². The van der Waals surface area contributed by atoms with Crippen LogP contribution in [0.2, 0.25) is 0 Å². The molecular weight excluding hydrogens is 208 g/mol. The molecule has 90 valence electrons. The molecule has 0 aromatic rings. The molecular formula is C11H18N2O3. The van der Waals surface area contributed by atoms with Crippen molar-refractivity contribution < 1.29 is 14.7 Å². The molecule has 1 saturated carbocycles. The number of nitrogens with zero attached hydrogens (tertiary/aromatic N) is 1. The maximum atomic E-state index is 11.9. The summed E-state index contributed by atoms with van der Waals surface area (Å²) in [6.07, 6.45) is 3.81. The van der Waals surface area contributed by atoms with E-state index in [1.807, 2.05) is 6.92 Å². The lowest BCUT2D eigenvalue weighted by Crippen LogP contribution is -2.47. The van der Waals surface area contributed by atoms with Crippen LogP contribution in [0.3, 0.4) is 0 Å². The van der Waals surface area contributed by atoms with E-state index in [1.165, 1.54) is 0 Å². The Kier molecular flexibility index (Phi) is 2.78. The van der Waals surface area contributed by atoms with E-state index in [9.17, 15) is 9.59 Å². The zero-order valence-electron chi connectivity index (χ0n) is 9.53. The molecule has 2 N–H and O–H groups in total. The van der Waals surface area contributed by atoms with Crippen molar-refractivity contribution in [3.8, 4) is 0 Å². The summed E-state index contributed by atoms with van der Waals surface area (Å²) in [4.78, 5) is 24.3. The molecule has 2 rings (SSSR count). The normalized spacial score (nSPS) is 26.6. The summed E-state index contributed by atoms with van der Waals surface area (Å²) >= 11 is 0. The van der Waals surface area contributed by atoms with Gasteiger partial charge >= 0.3 is 12.0 Å². The van der Waals surface area contributed by atoms with Gasteiger partial charge in [0, 0.05) is 18.1 Å². The van der Waals surface area contributed by atoms with Crippen LogP contribution in [0.5, 0.6) is 0 Å². The first-order valence-electron chi connectivity index (χ1n) is 5.81. The van der Waals surface area contributed by atoms with Crippen molar-refractivity contribution in [1.29, 1.82) is 0 Å². The summed E-state index contributed by atoms with van der Waals surface area (Å²) in [5, 5.41) is 11.7. The van der Waals surface area contributed by atoms with Gasteiger partial charge < -0.3 is 15.3 Å². The lowest BCUT2D eigenvalue weighted by atomic mass is 10.1. The number of likely N-dealkylation sites (tertiary alicyclic amines) is 1. The van der Waals surface area contributed by atoms with Crippen LogP contribution in [0.15, 0.2) is 0 Å². The largest absolute Gasteiger partial charge is 0.481 e. The zero-order chi connectivity index (χ0) is 11.8. The van der Waals surface area contributed by atoms with Crippen LogP contribution in [0.4, 0.5) is 4.79 Å². The smallest absolute Gasteiger partial charge is 0.318 e. The second kappa shape index (κ2) is 3.96. The van der Waals surface area contributed by atoms with Crippen molar-refractivity contribution in [2.75, 3.05) is 6.54 Å². The topological polar surface area (TPSA) is 69.6 Å². The summed E-state index contributed by atoms with van der Waals surface area (Å²) in [7, 11) is 0. The van der Waals surface area contributed by atoms with Gasteiger partial charge in [-0.25, -0.2) is 4.79 Å². The molecule has 1 aliphatic carbocycles. The summed E-state index contributed by atoms with van der Waals surface area (Å²) < 4.78 is 0. The highest BCUT2D eigenvalue weighted by Gasteiger charge is 2.41. The van der Waals surface area contributed by atoms with Crippen LogP contribution < -0.4 is 5.32 Å². The summed E-state index contributed by atoms with van der Waals surface area (Å²) in [6.45, 7) is 2.70. The van der Waals surface area contributed by atoms with Gasteiger partial charge in [-0.15, -0.1) is 0 Å². The van der Waals surface area contributed by atoms with E-state index in [1.54, 1.807) is 4.90 Å². The third-order valence-corrected chi connectivity index (χ3v) is 3.46. The second-order valence-electron chi connectivity index (χ2n) is 5.08. The number of carboxylic acid groups (broad SMARTS) is 1. The quantitative estimate of drug-likeness (QED) is 0.759. The SMILES string of the molecule is CC1(NC(=O)N2CCCC2CC(=O)O)CC1. The first kappa shape index (κ1) is 11.2. The second-order valence-corrected chi connectivity index (χ2v) is 5.08. The lowest BCUT2D eigenvalue weighted by molar-refractivity contribution is -0.137. The number of hydrogen-bond acceptors (Lipinski definition) is 2. The van der Waals surface area contributed by atoms with Gasteiger partial charge in [0.2, 0.25) is 0 Å². The number of urea groups is 1. The Hall–Kier alpha value is -1.26. The van der Waals surface area contributed by atoms with Gasteiger partial charge in [-0.1, -0.05) is 0 Å². The molecule has 0 bridgehead atoms. The van der Waals surface area contributed by atoms with Gasteiger partial charge in [-0.2, -0.15) is 0 Å². The predicted octanol–water partition coefficient (Wildman–Crippen LogP) is 1.19. The van der Waals surface area contributed by atoms with Crippen molar-refractivity contribution in [3.05, 3.63) is 0 Å². The van der Waals surface area contributed by atoms with Crippen LogP contribution >= 0.6 is 0 Å². The zero-order valence-corrected chi connectivity index (χ0v) is 9.53. The van der Waals surface area contributed by atoms with Gasteiger partial charge in [0.25, 0.3) is 0 Å². The van der Waals surface area contributed by atoms with Crippen molar-refractivity contribution in [2.24, 2.45) is 0 Å². The number of amides is 2. The molecule has 1 aliphatic heterocycles. The molecule has 5 heteroatoms. The highest BCUT2D eigenvalue weighted by atomic mass is 16.4. The number of rotatable bonds is 3. The number of carbonyl (C=O) groups is 2. The Bertz CT molecular complexity index is 312. The number of hydrogen-bond donors (Lipinski definition) is 2. The fourth-order valence-electron chi connectivity index (χ4n) is 2.16. The third-order valence-electron chi connectivity index (χ3n) is 3.46. The van der Waals surface area contributed by atoms with E-state index in [4.69, 9.17) is 5.11 Å². The summed E-state index contributed by atoms with van der Waals surface area (Å²) in [5.74, 6) is -0.831. The average Bonchev–Trinajstić information content (AvgIpc) is 2.74. The van der Waals surface area contributed by atoms with Crippen LogP contribution in [-0.4, -0.2) is 40.1 Å². The first-order valence-corrected chi connectivity index (χ1v) is 5.81. The Morgan fingerprint density at radius 2 is 2.19 bits per heavy atom. The van der Waals surface area contributed by atoms with Gasteiger partial charge in [0.05, 0.1) is 6.42 Å². The molecule has 5 nitrogen and oxygen atoms in total. The highest BCUT2D eigenvalue weighted by molar-refractivity contribution is 5.77. The third kappa shape index (κ3) is 2.46. The fraction of sp³-hybridized carbons (Fsp3) is 0.818. The fourth-order valence-corrected chi connectivity index (χ4v) is 2.16. The van der Waals surface area contributed by atoms with Gasteiger partial charge in [-0.05, 0) is 32.6 Å². The highest BCUT2D eigenvalue weighted by Crippen LogP contribution is 2.35. The number of aliphatic carboxylic acids is 1. The standard InChI is InChI=1S/C11H18N2O3/c1-11(4-5-11)12-10(16)13-6-2-3-8(13)7-9(14)15/h8H,2-7H2,1H3,(H,12,16)(H,14,15). The number of carbonyl (C=O) groups excluding carboxylic acids is 1. The molecule has 1 saturated heterocycles. The van der Waals surface area contributed by atoms with E-state index >= 15 is 0 Å². The molecule has 2 fully saturated rings. The number of nitrogens with one attached hydrogen (secondary N) is 1. The molecule has 2 aliphatic rings. The Labute approximate surface area is 94.8 Å². The Balaban J connectivity index is 1.91. The van der Waals surface area contributed by atoms with E-state index in [2.05, 4.69) is 5.32 Å². The minimum Gasteiger partial charge on any atom is -0.481 e. The molecule has 1 unspecified atom stereocenters. The lowest BCUT2D eigenvalue weighted by Gasteiger charge is -2.25. The van der Waals surface area contributed by atoms with Gasteiger partial charge in [-0.3, -0.25) is 4.79 Å². The summed E-state index contributed by atoms with van der Waals surface area (Å²) in [6, 6.07) is -0.219. The van der Waals surface area contributed by atoms with Gasteiger partial charge in [0.15, 0.2) is 0 Å². The van der Waals surface area contributed by atoms with Crippen LogP contribution in [0.1, 0.15) is 39.0 Å². The van der Waals surface area contributed by atoms with Crippen LogP contribution in [0.25, 0.3) is 0 Å². The average molecular weight is 226 g/mol. The monoisotopic (exact) mass is 226 g/mol. The van der Waals surface area contributed by atoms with E-state index in [0.29, 0.717) is 6.54 Å². The Morgan fingerprint density at radius 1 is 1.50 bits per heavy atom. The van der Waals surface area contributed by atoms with E-state index in [-0.39, 0.29) is 24.0 Å². The molecule has 2 amide bonds. The molecule has 0 radical (unpaired) electrons. The summed E-state index contributed by atoms with van der Waals surface area (Å²) in [5.41, 5.74) is -0.0343. The van der Waals surface area contributed by atoms with E-state index < -0.39 is 5.97 Å².